The maximum absolute atomic E-state index is 4.87. The topological polar surface area (TPSA) is 0 Å². The van der Waals surface area contributed by atoms with Crippen molar-refractivity contribution in [3.8, 4) is 0 Å². The van der Waals surface area contributed by atoms with E-state index in [1.54, 1.807) is 0 Å². The largest absolute Gasteiger partial charge is 0.331 e. The third kappa shape index (κ3) is 36.2. The SMILES string of the molecule is CCCCCCCCCCCCCCCCCC[N+](C)(C)C.ClP(Cl)Cl. The van der Waals surface area contributed by atoms with E-state index < -0.39 is 5.98 Å². The molecule has 0 bridgehead atoms. The first-order valence-electron chi connectivity index (χ1n) is 10.9. The fourth-order valence-electron chi connectivity index (χ4n) is 3.13. The van der Waals surface area contributed by atoms with Gasteiger partial charge in [0.05, 0.1) is 27.7 Å². The quantitative estimate of drug-likeness (QED) is 0.118. The van der Waals surface area contributed by atoms with Crippen LogP contribution in [0.3, 0.4) is 0 Å². The minimum atomic E-state index is -1.20. The van der Waals surface area contributed by atoms with Gasteiger partial charge >= 0.3 is 0 Å². The van der Waals surface area contributed by atoms with Gasteiger partial charge in [-0.25, -0.2) is 0 Å². The number of rotatable bonds is 17. The van der Waals surface area contributed by atoms with Gasteiger partial charge in [0, 0.05) is 0 Å². The highest BCUT2D eigenvalue weighted by Gasteiger charge is 2.04. The third-order valence-corrected chi connectivity index (χ3v) is 4.68. The Morgan fingerprint density at radius 1 is 0.500 bits per heavy atom. The molecule has 0 spiro atoms. The lowest BCUT2D eigenvalue weighted by molar-refractivity contribution is -0.870. The van der Waals surface area contributed by atoms with Crippen molar-refractivity contribution in [1.29, 1.82) is 0 Å². The summed E-state index contributed by atoms with van der Waals surface area (Å²) in [7, 11) is 6.89. The first kappa shape index (κ1) is 29.5. The molecule has 0 heterocycles. The van der Waals surface area contributed by atoms with Gasteiger partial charge in [0.15, 0.2) is 5.98 Å². The second-order valence-corrected chi connectivity index (χ2v) is 13.5. The number of halogens is 3. The molecule has 0 fully saturated rings. The van der Waals surface area contributed by atoms with Crippen LogP contribution >= 0.6 is 39.7 Å². The van der Waals surface area contributed by atoms with Crippen LogP contribution in [-0.2, 0) is 0 Å². The predicted molar refractivity (Wildman–Crippen MR) is 127 cm³/mol. The normalized spacial score (nSPS) is 11.5. The molecule has 0 aliphatic heterocycles. The van der Waals surface area contributed by atoms with E-state index in [2.05, 4.69) is 28.1 Å². The summed E-state index contributed by atoms with van der Waals surface area (Å²) in [6, 6.07) is 0. The molecule has 160 valence electrons. The van der Waals surface area contributed by atoms with E-state index >= 15 is 0 Å². The molecular weight excluding hydrogens is 404 g/mol. The molecule has 26 heavy (non-hydrogen) atoms. The van der Waals surface area contributed by atoms with Crippen LogP contribution in [0.4, 0.5) is 0 Å². The Morgan fingerprint density at radius 2 is 0.731 bits per heavy atom. The fraction of sp³-hybridized carbons (Fsp3) is 1.00. The molecule has 0 radical (unpaired) electrons. The Balaban J connectivity index is 0. The van der Waals surface area contributed by atoms with E-state index in [9.17, 15) is 0 Å². The maximum atomic E-state index is 4.87. The first-order valence-corrected chi connectivity index (χ1v) is 14.9. The van der Waals surface area contributed by atoms with Crippen LogP contribution < -0.4 is 0 Å². The van der Waals surface area contributed by atoms with Crippen LogP contribution in [0.15, 0.2) is 0 Å². The lowest BCUT2D eigenvalue weighted by Gasteiger charge is -2.23. The Labute approximate surface area is 181 Å². The second kappa shape index (κ2) is 22.5. The lowest BCUT2D eigenvalue weighted by Crippen LogP contribution is -2.35. The smallest absolute Gasteiger partial charge is 0.179 e. The van der Waals surface area contributed by atoms with Crippen LogP contribution in [0.25, 0.3) is 0 Å². The zero-order chi connectivity index (χ0) is 20.1. The number of quaternary nitrogens is 1. The molecular formula is C21H46Cl3NP+. The molecule has 0 aliphatic carbocycles. The van der Waals surface area contributed by atoms with Gasteiger partial charge in [-0.3, -0.25) is 0 Å². The maximum Gasteiger partial charge on any atom is 0.179 e. The summed E-state index contributed by atoms with van der Waals surface area (Å²) in [6.45, 7) is 3.63. The van der Waals surface area contributed by atoms with E-state index in [1.165, 1.54) is 109 Å². The van der Waals surface area contributed by atoms with Crippen molar-refractivity contribution in [2.75, 3.05) is 27.7 Å². The molecule has 0 rings (SSSR count). The summed E-state index contributed by atoms with van der Waals surface area (Å²) < 4.78 is 1.12. The molecule has 0 N–H and O–H groups in total. The highest BCUT2D eigenvalue weighted by molar-refractivity contribution is 8.20. The van der Waals surface area contributed by atoms with Crippen LogP contribution in [0, 0.1) is 0 Å². The first-order chi connectivity index (χ1) is 12.3. The van der Waals surface area contributed by atoms with Crippen molar-refractivity contribution in [3.63, 3.8) is 0 Å². The molecule has 0 aromatic heterocycles. The fourth-order valence-corrected chi connectivity index (χ4v) is 3.13. The van der Waals surface area contributed by atoms with Crippen molar-refractivity contribution < 1.29 is 4.48 Å². The van der Waals surface area contributed by atoms with Crippen LogP contribution in [0.5, 0.6) is 0 Å². The molecule has 0 unspecified atom stereocenters. The lowest BCUT2D eigenvalue weighted by atomic mass is 10.0. The number of hydrogen-bond donors (Lipinski definition) is 0. The Bertz CT molecular complexity index is 255. The highest BCUT2D eigenvalue weighted by Crippen LogP contribution is 2.51. The van der Waals surface area contributed by atoms with Crippen molar-refractivity contribution >= 4 is 39.7 Å². The van der Waals surface area contributed by atoms with E-state index in [0.29, 0.717) is 0 Å². The average Bonchev–Trinajstić information content (AvgIpc) is 2.53. The van der Waals surface area contributed by atoms with E-state index in [-0.39, 0.29) is 0 Å². The Kier molecular flexibility index (Phi) is 25.5. The molecule has 0 saturated carbocycles. The predicted octanol–water partition coefficient (Wildman–Crippen LogP) is 9.88. The van der Waals surface area contributed by atoms with E-state index in [1.807, 2.05) is 0 Å². The summed E-state index contributed by atoms with van der Waals surface area (Å²) in [5.74, 6) is -1.20. The highest BCUT2D eigenvalue weighted by atomic mass is 36.0. The van der Waals surface area contributed by atoms with Crippen LogP contribution in [0.2, 0.25) is 0 Å². The zero-order valence-electron chi connectivity index (χ0n) is 18.0. The monoisotopic (exact) mass is 448 g/mol. The standard InChI is InChI=1S/C21H46N.Cl3P/c1-5-6-7-8-9-10-11-12-13-14-15-16-17-18-19-20-21-22(2,3)4;1-4(2)3/h5-21H2,1-4H3;/q+1;. The minimum absolute atomic E-state index is 1.12. The molecule has 0 aromatic carbocycles. The van der Waals surface area contributed by atoms with Crippen LogP contribution in [-0.4, -0.2) is 32.2 Å². The van der Waals surface area contributed by atoms with Gasteiger partial charge in [0.2, 0.25) is 0 Å². The van der Waals surface area contributed by atoms with Crippen molar-refractivity contribution in [2.24, 2.45) is 0 Å². The number of nitrogens with zero attached hydrogens (tertiary/aromatic N) is 1. The van der Waals surface area contributed by atoms with Gasteiger partial charge in [0.1, 0.15) is 0 Å². The molecule has 0 aromatic rings. The van der Waals surface area contributed by atoms with E-state index in [0.717, 1.165) is 4.48 Å². The van der Waals surface area contributed by atoms with Gasteiger partial charge in [-0.1, -0.05) is 131 Å². The van der Waals surface area contributed by atoms with Gasteiger partial charge < -0.3 is 4.48 Å². The number of unbranched alkanes of at least 4 members (excludes halogenated alkanes) is 15. The Morgan fingerprint density at radius 3 is 0.962 bits per heavy atom. The van der Waals surface area contributed by atoms with Crippen LogP contribution in [0.1, 0.15) is 110 Å². The van der Waals surface area contributed by atoms with Gasteiger partial charge in [-0.05, 0) is 12.8 Å². The van der Waals surface area contributed by atoms with E-state index in [4.69, 9.17) is 33.7 Å². The summed E-state index contributed by atoms with van der Waals surface area (Å²) in [5.41, 5.74) is 0. The van der Waals surface area contributed by atoms with Gasteiger partial charge in [0.25, 0.3) is 0 Å². The number of hydrogen-bond acceptors (Lipinski definition) is 0. The Hall–Kier alpha value is 1.26. The minimum Gasteiger partial charge on any atom is -0.331 e. The average molecular weight is 450 g/mol. The van der Waals surface area contributed by atoms with Crippen molar-refractivity contribution in [2.45, 2.75) is 110 Å². The molecule has 0 aliphatic rings. The third-order valence-electron chi connectivity index (χ3n) is 4.68. The summed E-state index contributed by atoms with van der Waals surface area (Å²) in [6.07, 6.45) is 23.4. The second-order valence-electron chi connectivity index (χ2n) is 8.51. The molecule has 0 amide bonds. The summed E-state index contributed by atoms with van der Waals surface area (Å²) in [5, 5.41) is 0. The molecule has 0 saturated heterocycles. The summed E-state index contributed by atoms with van der Waals surface area (Å²) in [4.78, 5) is 0. The van der Waals surface area contributed by atoms with Gasteiger partial charge in [-0.2, -0.15) is 0 Å². The summed E-state index contributed by atoms with van der Waals surface area (Å²) >= 11 is 14.6. The zero-order valence-corrected chi connectivity index (χ0v) is 21.2. The van der Waals surface area contributed by atoms with Crippen molar-refractivity contribution in [3.05, 3.63) is 0 Å². The molecule has 1 nitrogen and oxygen atoms in total. The molecule has 0 atom stereocenters. The van der Waals surface area contributed by atoms with Gasteiger partial charge in [-0.15, -0.1) is 0 Å². The van der Waals surface area contributed by atoms with Crippen molar-refractivity contribution in [1.82, 2.24) is 0 Å². The molecule has 5 heteroatoms.